The minimum Gasteiger partial charge on any atom is -0.482 e. The molecule has 0 unspecified atom stereocenters. The van der Waals surface area contributed by atoms with Crippen LogP contribution >= 0.6 is 11.6 Å². The summed E-state index contributed by atoms with van der Waals surface area (Å²) in [5, 5.41) is 3.49. The number of amides is 1. The van der Waals surface area contributed by atoms with Gasteiger partial charge in [0.25, 0.3) is 5.91 Å². The smallest absolute Gasteiger partial charge is 0.275 e. The summed E-state index contributed by atoms with van der Waals surface area (Å²) in [6.45, 7) is 1.71. The molecule has 1 aliphatic rings. The molecule has 0 aliphatic carbocycles. The number of aryl methyl sites for hydroxylation is 1. The molecular formula is C15H21ClN2O4S. The molecular weight excluding hydrogens is 340 g/mol. The summed E-state index contributed by atoms with van der Waals surface area (Å²) in [6.07, 6.45) is 0.442. The number of rotatable bonds is 5. The summed E-state index contributed by atoms with van der Waals surface area (Å²) in [4.78, 5) is 12.5. The number of benzene rings is 1. The average molecular weight is 361 g/mol. The Morgan fingerprint density at radius 3 is 2.65 bits per heavy atom. The van der Waals surface area contributed by atoms with Crippen LogP contribution in [0.25, 0.3) is 0 Å². The molecule has 1 amide bonds. The fourth-order valence-electron chi connectivity index (χ4n) is 2.65. The molecule has 0 saturated carbocycles. The van der Waals surface area contributed by atoms with E-state index in [0.717, 1.165) is 5.56 Å². The van der Waals surface area contributed by atoms with Gasteiger partial charge in [-0.1, -0.05) is 17.7 Å². The second-order valence-electron chi connectivity index (χ2n) is 5.86. The van der Waals surface area contributed by atoms with Gasteiger partial charge in [-0.05, 0) is 31.0 Å². The summed E-state index contributed by atoms with van der Waals surface area (Å²) in [5.74, 6) is 0.245. The summed E-state index contributed by atoms with van der Waals surface area (Å²) in [7, 11) is 0.352. The van der Waals surface area contributed by atoms with Gasteiger partial charge in [0.2, 0.25) is 0 Å². The van der Waals surface area contributed by atoms with Crippen LogP contribution in [-0.4, -0.2) is 62.6 Å². The van der Waals surface area contributed by atoms with E-state index in [1.54, 1.807) is 31.2 Å². The van der Waals surface area contributed by atoms with Crippen molar-refractivity contribution < 1.29 is 17.9 Å². The zero-order valence-electron chi connectivity index (χ0n) is 13.5. The first kappa shape index (κ1) is 18.0. The molecule has 0 aromatic heterocycles. The van der Waals surface area contributed by atoms with E-state index in [1.807, 2.05) is 13.0 Å². The van der Waals surface area contributed by atoms with Gasteiger partial charge in [0.15, 0.2) is 16.4 Å². The first-order valence-electron chi connectivity index (χ1n) is 7.28. The number of ether oxygens (including phenoxy) is 1. The number of halogens is 1. The maximum absolute atomic E-state index is 12.5. The zero-order chi connectivity index (χ0) is 17.2. The molecule has 0 bridgehead atoms. The Morgan fingerprint density at radius 2 is 2.09 bits per heavy atom. The van der Waals surface area contributed by atoms with Crippen LogP contribution in [0.15, 0.2) is 18.2 Å². The quantitative estimate of drug-likeness (QED) is 0.745. The number of carbonyl (C=O) groups is 1. The summed E-state index contributed by atoms with van der Waals surface area (Å²) in [6, 6.07) is 4.98. The molecule has 1 saturated heterocycles. The van der Waals surface area contributed by atoms with Crippen molar-refractivity contribution in [3.63, 3.8) is 0 Å². The van der Waals surface area contributed by atoms with Crippen LogP contribution in [0.3, 0.4) is 0 Å². The highest BCUT2D eigenvalue weighted by atomic mass is 35.5. The van der Waals surface area contributed by atoms with Crippen molar-refractivity contribution in [3.05, 3.63) is 28.8 Å². The van der Waals surface area contributed by atoms with Crippen molar-refractivity contribution in [3.8, 4) is 5.75 Å². The molecule has 1 aromatic rings. The van der Waals surface area contributed by atoms with Crippen LogP contribution in [0, 0.1) is 6.92 Å². The monoisotopic (exact) mass is 360 g/mol. The van der Waals surface area contributed by atoms with Crippen LogP contribution in [0.4, 0.5) is 0 Å². The maximum atomic E-state index is 12.5. The van der Waals surface area contributed by atoms with Crippen molar-refractivity contribution >= 4 is 27.3 Å². The van der Waals surface area contributed by atoms with Crippen molar-refractivity contribution in [2.45, 2.75) is 19.4 Å². The Labute approximate surface area is 141 Å². The Hall–Kier alpha value is -1.31. The van der Waals surface area contributed by atoms with Crippen molar-refractivity contribution in [2.24, 2.45) is 0 Å². The van der Waals surface area contributed by atoms with Gasteiger partial charge < -0.3 is 4.74 Å². The Morgan fingerprint density at radius 1 is 1.39 bits per heavy atom. The fourth-order valence-corrected chi connectivity index (χ4v) is 4.51. The number of sulfone groups is 1. The lowest BCUT2D eigenvalue weighted by Gasteiger charge is -2.33. The first-order chi connectivity index (χ1) is 10.7. The second kappa shape index (κ2) is 7.07. The highest BCUT2D eigenvalue weighted by molar-refractivity contribution is 7.91. The van der Waals surface area contributed by atoms with Crippen molar-refractivity contribution in [1.29, 1.82) is 0 Å². The molecule has 0 radical (unpaired) electrons. The number of nitrogens with zero attached hydrogens (tertiary/aromatic N) is 2. The van der Waals surface area contributed by atoms with E-state index < -0.39 is 9.84 Å². The molecule has 6 nitrogen and oxygen atoms in total. The average Bonchev–Trinajstić information content (AvgIpc) is 2.79. The second-order valence-corrected chi connectivity index (χ2v) is 8.50. The molecule has 1 atom stereocenters. The number of hydrogen-bond donors (Lipinski definition) is 0. The topological polar surface area (TPSA) is 66.9 Å². The maximum Gasteiger partial charge on any atom is 0.275 e. The largest absolute Gasteiger partial charge is 0.482 e. The molecule has 1 aromatic carbocycles. The van der Waals surface area contributed by atoms with Crippen LogP contribution in [-0.2, 0) is 14.6 Å². The standard InChI is InChI=1S/C15H21ClN2O4S/c1-11-4-5-13(16)14(8-11)22-9-15(19)18(17(2)3)12-6-7-23(20,21)10-12/h4-5,8,12H,6-7,9-10H2,1-3H3/t12-/m0/s1. The molecule has 0 N–H and O–H groups in total. The van der Waals surface area contributed by atoms with Gasteiger partial charge >= 0.3 is 0 Å². The number of hydrazine groups is 1. The molecule has 0 spiro atoms. The third-order valence-corrected chi connectivity index (χ3v) is 5.74. The Balaban J connectivity index is 2.06. The Kier molecular flexibility index (Phi) is 5.54. The van der Waals surface area contributed by atoms with Crippen LogP contribution < -0.4 is 4.74 Å². The van der Waals surface area contributed by atoms with Gasteiger partial charge in [0.1, 0.15) is 5.75 Å². The van der Waals surface area contributed by atoms with Gasteiger partial charge in [0, 0.05) is 14.1 Å². The van der Waals surface area contributed by atoms with E-state index in [-0.39, 0.29) is 30.1 Å². The summed E-state index contributed by atoms with van der Waals surface area (Å²) in [5.41, 5.74) is 0.975. The molecule has 23 heavy (non-hydrogen) atoms. The molecule has 1 fully saturated rings. The van der Waals surface area contributed by atoms with Gasteiger partial charge in [-0.15, -0.1) is 0 Å². The normalized spacial score (nSPS) is 19.8. The summed E-state index contributed by atoms with van der Waals surface area (Å²) >= 11 is 6.05. The van der Waals surface area contributed by atoms with E-state index >= 15 is 0 Å². The lowest BCUT2D eigenvalue weighted by atomic mass is 10.2. The highest BCUT2D eigenvalue weighted by Crippen LogP contribution is 2.25. The molecule has 1 heterocycles. The SMILES string of the molecule is Cc1ccc(Cl)c(OCC(=O)N([C@H]2CCS(=O)(=O)C2)N(C)C)c1. The minimum absolute atomic E-state index is 0.0118. The van der Waals surface area contributed by atoms with Gasteiger partial charge in [0.05, 0.1) is 22.6 Å². The van der Waals surface area contributed by atoms with E-state index in [4.69, 9.17) is 16.3 Å². The van der Waals surface area contributed by atoms with E-state index in [9.17, 15) is 13.2 Å². The minimum atomic E-state index is -3.07. The van der Waals surface area contributed by atoms with E-state index in [0.29, 0.717) is 17.2 Å². The van der Waals surface area contributed by atoms with Crippen molar-refractivity contribution in [2.75, 3.05) is 32.2 Å². The molecule has 1 aliphatic heterocycles. The van der Waals surface area contributed by atoms with E-state index in [2.05, 4.69) is 0 Å². The third-order valence-electron chi connectivity index (χ3n) is 3.68. The van der Waals surface area contributed by atoms with Crippen LogP contribution in [0.5, 0.6) is 5.75 Å². The lowest BCUT2D eigenvalue weighted by molar-refractivity contribution is -0.151. The number of hydrogen-bond acceptors (Lipinski definition) is 5. The molecule has 2 rings (SSSR count). The third kappa shape index (κ3) is 4.59. The Bertz CT molecular complexity index is 691. The van der Waals surface area contributed by atoms with E-state index in [1.165, 1.54) is 5.01 Å². The molecule has 8 heteroatoms. The predicted octanol–water partition coefficient (Wildman–Crippen LogP) is 1.52. The highest BCUT2D eigenvalue weighted by Gasteiger charge is 2.36. The fraction of sp³-hybridized carbons (Fsp3) is 0.533. The van der Waals surface area contributed by atoms with Crippen LogP contribution in [0.1, 0.15) is 12.0 Å². The van der Waals surface area contributed by atoms with Crippen LogP contribution in [0.2, 0.25) is 5.02 Å². The molecule has 128 valence electrons. The lowest BCUT2D eigenvalue weighted by Crippen LogP contribution is -2.51. The summed E-state index contributed by atoms with van der Waals surface area (Å²) < 4.78 is 28.8. The van der Waals surface area contributed by atoms with Gasteiger partial charge in [-0.25, -0.2) is 13.4 Å². The number of carbonyl (C=O) groups excluding carboxylic acids is 1. The van der Waals surface area contributed by atoms with Crippen molar-refractivity contribution in [1.82, 2.24) is 10.0 Å². The predicted molar refractivity (Wildman–Crippen MR) is 89.3 cm³/mol. The van der Waals surface area contributed by atoms with Gasteiger partial charge in [-0.3, -0.25) is 9.80 Å². The zero-order valence-corrected chi connectivity index (χ0v) is 15.0. The van der Waals surface area contributed by atoms with Gasteiger partial charge in [-0.2, -0.15) is 0 Å². The first-order valence-corrected chi connectivity index (χ1v) is 9.48.